The van der Waals surface area contributed by atoms with E-state index >= 15 is 0 Å². The average molecular weight is 136 g/mol. The van der Waals surface area contributed by atoms with Crippen molar-refractivity contribution in [3.8, 4) is 0 Å². The van der Waals surface area contributed by atoms with E-state index in [-0.39, 0.29) is 5.97 Å². The van der Waals surface area contributed by atoms with Gasteiger partial charge in [0.25, 0.3) is 0 Å². The zero-order valence-corrected chi connectivity index (χ0v) is 5.49. The molecule has 0 amide bonds. The topological polar surface area (TPSA) is 26.3 Å². The molecule has 52 valence electrons. The van der Waals surface area contributed by atoms with Crippen LogP contribution in [0.2, 0.25) is 0 Å². The largest absolute Gasteiger partial charge is 0.462 e. The minimum atomic E-state index is 0.113. The number of esters is 1. The van der Waals surface area contributed by atoms with Gasteiger partial charge in [-0.15, -0.1) is 0 Å². The van der Waals surface area contributed by atoms with Crippen LogP contribution in [0.3, 0.4) is 0 Å². The minimum Gasteiger partial charge on any atom is -0.462 e. The smallest absolute Gasteiger partial charge is 0.309 e. The van der Waals surface area contributed by atoms with Gasteiger partial charge in [-0.2, -0.15) is 0 Å². The molecule has 0 aromatic heterocycles. The van der Waals surface area contributed by atoms with Gasteiger partial charge in [0.1, 0.15) is 6.10 Å². The van der Waals surface area contributed by atoms with Crippen molar-refractivity contribution in [1.29, 1.82) is 0 Å². The Morgan fingerprint density at radius 3 is 2.70 bits per heavy atom. The van der Waals surface area contributed by atoms with Gasteiger partial charge in [0, 0.05) is 11.8 Å². The first-order valence-corrected chi connectivity index (χ1v) is 4.08. The lowest BCUT2D eigenvalue weighted by atomic mass is 9.74. The van der Waals surface area contributed by atoms with Crippen LogP contribution in [0.1, 0.15) is 6.42 Å². The summed E-state index contributed by atoms with van der Waals surface area (Å²) < 4.78 is 5.23. The number of hydrogen-bond donors (Lipinski definition) is 0. The number of ether oxygens (including phenoxy) is 1. The molecule has 2 nitrogen and oxygen atoms in total. The fourth-order valence-corrected chi connectivity index (χ4v) is 3.67. The molecule has 0 N–H and O–H groups in total. The molecule has 0 aromatic rings. The standard InChI is InChI=1S/C8H8O2/c9-8-3-1-2-4-5(3)6(4)7(2)10-8/h2-7H,1H2. The van der Waals surface area contributed by atoms with Gasteiger partial charge in [0.2, 0.25) is 0 Å². The van der Waals surface area contributed by atoms with E-state index in [0.29, 0.717) is 12.0 Å². The monoisotopic (exact) mass is 136 g/mol. The summed E-state index contributed by atoms with van der Waals surface area (Å²) in [4.78, 5) is 11.1. The zero-order chi connectivity index (χ0) is 6.46. The van der Waals surface area contributed by atoms with Crippen molar-refractivity contribution >= 4 is 5.97 Å². The van der Waals surface area contributed by atoms with Crippen LogP contribution >= 0.6 is 0 Å². The first kappa shape index (κ1) is 4.37. The maximum Gasteiger partial charge on any atom is 0.309 e. The van der Waals surface area contributed by atoms with Crippen molar-refractivity contribution < 1.29 is 9.53 Å². The van der Waals surface area contributed by atoms with Crippen molar-refractivity contribution in [3.05, 3.63) is 0 Å². The summed E-state index contributed by atoms with van der Waals surface area (Å²) in [6, 6.07) is 0. The third kappa shape index (κ3) is 0.223. The summed E-state index contributed by atoms with van der Waals surface area (Å²) in [6.07, 6.45) is 1.54. The number of rotatable bonds is 0. The molecule has 6 atom stereocenters. The maximum absolute atomic E-state index is 11.1. The molecular weight excluding hydrogens is 128 g/mol. The van der Waals surface area contributed by atoms with E-state index in [1.165, 1.54) is 0 Å². The van der Waals surface area contributed by atoms with Crippen LogP contribution in [0.15, 0.2) is 0 Å². The van der Waals surface area contributed by atoms with Gasteiger partial charge in [0.15, 0.2) is 0 Å². The van der Waals surface area contributed by atoms with Gasteiger partial charge < -0.3 is 4.74 Å². The third-order valence-electron chi connectivity index (χ3n) is 4.03. The Hall–Kier alpha value is -0.530. The Balaban J connectivity index is 1.93. The van der Waals surface area contributed by atoms with E-state index in [9.17, 15) is 4.79 Å². The Morgan fingerprint density at radius 1 is 1.30 bits per heavy atom. The first-order valence-electron chi connectivity index (χ1n) is 4.08. The SMILES string of the molecule is O=C1OC2C3CC1C1C3C21. The minimum absolute atomic E-state index is 0.113. The average Bonchev–Trinajstić information content (AvgIpc) is 2.51. The second kappa shape index (κ2) is 0.936. The van der Waals surface area contributed by atoms with E-state index in [2.05, 4.69) is 0 Å². The normalized spacial score (nSPS) is 72.6. The van der Waals surface area contributed by atoms with Gasteiger partial charge in [0.05, 0.1) is 5.92 Å². The Bertz CT molecular complexity index is 241. The highest BCUT2D eigenvalue weighted by molar-refractivity contribution is 5.78. The van der Waals surface area contributed by atoms with Gasteiger partial charge in [-0.05, 0) is 18.3 Å². The van der Waals surface area contributed by atoms with Crippen LogP contribution in [-0.4, -0.2) is 12.1 Å². The van der Waals surface area contributed by atoms with Gasteiger partial charge >= 0.3 is 5.97 Å². The van der Waals surface area contributed by atoms with E-state index in [4.69, 9.17) is 4.74 Å². The lowest BCUT2D eigenvalue weighted by molar-refractivity contribution is -0.181. The molecule has 2 heteroatoms. The van der Waals surface area contributed by atoms with Crippen LogP contribution in [0.4, 0.5) is 0 Å². The maximum atomic E-state index is 11.1. The van der Waals surface area contributed by atoms with Crippen molar-refractivity contribution in [3.63, 3.8) is 0 Å². The highest BCUT2D eigenvalue weighted by Crippen LogP contribution is 2.78. The molecule has 2 heterocycles. The van der Waals surface area contributed by atoms with E-state index in [1.807, 2.05) is 0 Å². The van der Waals surface area contributed by atoms with Crippen LogP contribution in [0, 0.1) is 29.6 Å². The molecule has 6 unspecified atom stereocenters. The molecular formula is C8H8O2. The lowest BCUT2D eigenvalue weighted by Crippen LogP contribution is -2.48. The quantitative estimate of drug-likeness (QED) is 0.451. The molecule has 5 rings (SSSR count). The predicted molar refractivity (Wildman–Crippen MR) is 31.9 cm³/mol. The highest BCUT2D eigenvalue weighted by atomic mass is 16.6. The molecule has 2 saturated heterocycles. The van der Waals surface area contributed by atoms with Crippen LogP contribution in [0.5, 0.6) is 0 Å². The van der Waals surface area contributed by atoms with Crippen molar-refractivity contribution in [2.75, 3.05) is 0 Å². The van der Waals surface area contributed by atoms with Crippen molar-refractivity contribution in [1.82, 2.24) is 0 Å². The molecule has 0 aromatic carbocycles. The molecule has 0 radical (unpaired) electrons. The van der Waals surface area contributed by atoms with Crippen molar-refractivity contribution in [2.24, 2.45) is 29.6 Å². The molecule has 3 saturated carbocycles. The molecule has 2 aliphatic heterocycles. The fraction of sp³-hybridized carbons (Fsp3) is 0.875. The summed E-state index contributed by atoms with van der Waals surface area (Å²) in [5.41, 5.74) is 0. The summed E-state index contributed by atoms with van der Waals surface area (Å²) in [7, 11) is 0. The Morgan fingerprint density at radius 2 is 2.20 bits per heavy atom. The van der Waals surface area contributed by atoms with Gasteiger partial charge in [-0.1, -0.05) is 0 Å². The highest BCUT2D eigenvalue weighted by Gasteiger charge is 2.81. The predicted octanol–water partition coefficient (Wildman–Crippen LogP) is 0.424. The summed E-state index contributed by atoms with van der Waals surface area (Å²) in [5, 5.41) is 0. The number of carbonyl (C=O) groups excluding carboxylic acids is 1. The molecule has 5 fully saturated rings. The van der Waals surface area contributed by atoms with E-state index in [1.54, 1.807) is 0 Å². The molecule has 3 bridgehead atoms. The van der Waals surface area contributed by atoms with Gasteiger partial charge in [-0.3, -0.25) is 4.79 Å². The van der Waals surface area contributed by atoms with Crippen LogP contribution in [-0.2, 0) is 9.53 Å². The van der Waals surface area contributed by atoms with Crippen LogP contribution in [0.25, 0.3) is 0 Å². The molecule has 10 heavy (non-hydrogen) atoms. The second-order valence-corrected chi connectivity index (χ2v) is 4.14. The number of hydrogen-bond acceptors (Lipinski definition) is 2. The molecule has 5 aliphatic rings. The van der Waals surface area contributed by atoms with Gasteiger partial charge in [-0.25, -0.2) is 0 Å². The Labute approximate surface area is 58.5 Å². The summed E-state index contributed by atoms with van der Waals surface area (Å²) >= 11 is 0. The number of carbonyl (C=O) groups is 1. The van der Waals surface area contributed by atoms with Crippen molar-refractivity contribution in [2.45, 2.75) is 12.5 Å². The summed E-state index contributed by atoms with van der Waals surface area (Å²) in [5.74, 6) is 3.81. The molecule has 3 aliphatic carbocycles. The number of fused-ring (bicyclic) bond motifs is 1. The second-order valence-electron chi connectivity index (χ2n) is 4.14. The van der Waals surface area contributed by atoms with E-state index in [0.717, 1.165) is 30.1 Å². The van der Waals surface area contributed by atoms with E-state index < -0.39 is 0 Å². The fourth-order valence-electron chi connectivity index (χ4n) is 3.67. The Kier molecular flexibility index (Phi) is 0.409. The lowest BCUT2D eigenvalue weighted by Gasteiger charge is -2.42. The molecule has 0 spiro atoms. The van der Waals surface area contributed by atoms with Crippen LogP contribution < -0.4 is 0 Å². The summed E-state index contributed by atoms with van der Waals surface area (Å²) in [6.45, 7) is 0. The zero-order valence-electron chi connectivity index (χ0n) is 5.49. The third-order valence-corrected chi connectivity index (χ3v) is 4.03. The first-order chi connectivity index (χ1) is 4.88.